The van der Waals surface area contributed by atoms with E-state index in [4.69, 9.17) is 9.84 Å². The number of benzene rings is 3. The summed E-state index contributed by atoms with van der Waals surface area (Å²) in [5.41, 5.74) is 2.65. The molecule has 4 nitrogen and oxygen atoms in total. The number of para-hydroxylation sites is 2. The molecule has 0 fully saturated rings. The Balaban J connectivity index is 1.71. The van der Waals surface area contributed by atoms with Crippen molar-refractivity contribution in [2.45, 2.75) is 19.4 Å². The Morgan fingerprint density at radius 3 is 2.23 bits per heavy atom. The molecule has 0 saturated carbocycles. The second-order valence-corrected chi connectivity index (χ2v) is 6.00. The first-order valence-corrected chi connectivity index (χ1v) is 8.44. The highest BCUT2D eigenvalue weighted by molar-refractivity contribution is 5.91. The van der Waals surface area contributed by atoms with Crippen molar-refractivity contribution < 1.29 is 19.7 Å². The topological polar surface area (TPSA) is 66.8 Å². The predicted octanol–water partition coefficient (Wildman–Crippen LogP) is 4.45. The van der Waals surface area contributed by atoms with Gasteiger partial charge in [-0.05, 0) is 41.7 Å². The van der Waals surface area contributed by atoms with Crippen LogP contribution in [0.3, 0.4) is 0 Å². The Morgan fingerprint density at radius 1 is 0.808 bits per heavy atom. The fraction of sp³-hybridized carbons (Fsp3) is 0.136. The molecule has 2 N–H and O–H groups in total. The molecule has 3 aromatic rings. The summed E-state index contributed by atoms with van der Waals surface area (Å²) in [7, 11) is 0. The number of aromatic carboxylic acids is 1. The molecule has 0 heterocycles. The Bertz CT molecular complexity index is 888. The maximum atomic E-state index is 11.1. The van der Waals surface area contributed by atoms with Crippen molar-refractivity contribution in [1.29, 1.82) is 0 Å². The average Bonchev–Trinajstić information content (AvgIpc) is 2.67. The van der Waals surface area contributed by atoms with E-state index < -0.39 is 5.97 Å². The summed E-state index contributed by atoms with van der Waals surface area (Å²) in [5, 5.41) is 19.3. The zero-order chi connectivity index (χ0) is 18.4. The molecule has 132 valence electrons. The minimum atomic E-state index is -1.13. The van der Waals surface area contributed by atoms with Crippen LogP contribution in [0.1, 0.15) is 27.0 Å². The first-order chi connectivity index (χ1) is 12.6. The van der Waals surface area contributed by atoms with Crippen LogP contribution < -0.4 is 4.74 Å². The lowest BCUT2D eigenvalue weighted by Crippen LogP contribution is -2.02. The normalized spacial score (nSPS) is 10.5. The van der Waals surface area contributed by atoms with Gasteiger partial charge in [-0.1, -0.05) is 60.7 Å². The van der Waals surface area contributed by atoms with Gasteiger partial charge in [0.05, 0.1) is 0 Å². The van der Waals surface area contributed by atoms with Gasteiger partial charge in [0.15, 0.2) is 0 Å². The number of ether oxygens (including phenoxy) is 1. The van der Waals surface area contributed by atoms with Crippen molar-refractivity contribution in [3.8, 4) is 11.5 Å². The smallest absolute Gasteiger partial charge is 0.339 e. The third-order valence-corrected chi connectivity index (χ3v) is 4.22. The van der Waals surface area contributed by atoms with Gasteiger partial charge in [-0.25, -0.2) is 4.79 Å². The Kier molecular flexibility index (Phi) is 5.54. The molecule has 3 rings (SSSR count). The van der Waals surface area contributed by atoms with E-state index in [1.54, 1.807) is 12.1 Å². The second kappa shape index (κ2) is 8.21. The molecule has 26 heavy (non-hydrogen) atoms. The summed E-state index contributed by atoms with van der Waals surface area (Å²) in [4.78, 5) is 11.1. The van der Waals surface area contributed by atoms with Crippen molar-refractivity contribution in [2.24, 2.45) is 0 Å². The Morgan fingerprint density at radius 2 is 1.46 bits per heavy atom. The summed E-state index contributed by atoms with van der Waals surface area (Å²) < 4.78 is 5.95. The standard InChI is InChI=1S/C22H20O4/c23-21-18(10-6-11-19(21)22(24)25)14-13-17-9-4-5-12-20(17)26-15-16-7-2-1-3-8-16/h1-12,23H,13-15H2,(H,24,25). The monoisotopic (exact) mass is 348 g/mol. The summed E-state index contributed by atoms with van der Waals surface area (Å²) in [6.07, 6.45) is 1.17. The van der Waals surface area contributed by atoms with Crippen LogP contribution in [-0.4, -0.2) is 16.2 Å². The number of carbonyl (C=O) groups is 1. The number of hydrogen-bond donors (Lipinski definition) is 2. The van der Waals surface area contributed by atoms with Gasteiger partial charge < -0.3 is 14.9 Å². The first kappa shape index (κ1) is 17.5. The number of aromatic hydroxyl groups is 1. The van der Waals surface area contributed by atoms with Gasteiger partial charge in [0.25, 0.3) is 0 Å². The number of phenols is 1. The fourth-order valence-corrected chi connectivity index (χ4v) is 2.82. The molecule has 0 saturated heterocycles. The van der Waals surface area contributed by atoms with Gasteiger partial charge in [-0.15, -0.1) is 0 Å². The Labute approximate surface area is 152 Å². The highest BCUT2D eigenvalue weighted by Gasteiger charge is 2.13. The van der Waals surface area contributed by atoms with Gasteiger partial charge in [0.2, 0.25) is 0 Å². The lowest BCUT2D eigenvalue weighted by atomic mass is 10.0. The molecule has 3 aromatic carbocycles. The van der Waals surface area contributed by atoms with Crippen LogP contribution >= 0.6 is 0 Å². The highest BCUT2D eigenvalue weighted by atomic mass is 16.5. The number of hydrogen-bond acceptors (Lipinski definition) is 3. The molecule has 0 bridgehead atoms. The van der Waals surface area contributed by atoms with E-state index in [1.165, 1.54) is 6.07 Å². The third-order valence-electron chi connectivity index (χ3n) is 4.22. The molecule has 0 aliphatic heterocycles. The number of carboxylic acids is 1. The van der Waals surface area contributed by atoms with E-state index in [9.17, 15) is 9.90 Å². The maximum Gasteiger partial charge on any atom is 0.339 e. The van der Waals surface area contributed by atoms with Gasteiger partial charge in [0, 0.05) is 0 Å². The molecule has 0 atom stereocenters. The van der Waals surface area contributed by atoms with Crippen molar-refractivity contribution in [2.75, 3.05) is 0 Å². The summed E-state index contributed by atoms with van der Waals surface area (Å²) >= 11 is 0. The average molecular weight is 348 g/mol. The van der Waals surface area contributed by atoms with Crippen LogP contribution in [0.15, 0.2) is 72.8 Å². The number of rotatable bonds is 7. The van der Waals surface area contributed by atoms with Crippen molar-refractivity contribution >= 4 is 5.97 Å². The van der Waals surface area contributed by atoms with Gasteiger partial charge >= 0.3 is 5.97 Å². The molecule has 0 aromatic heterocycles. The SMILES string of the molecule is O=C(O)c1cccc(CCc2ccccc2OCc2ccccc2)c1O. The maximum absolute atomic E-state index is 11.1. The molecule has 4 heteroatoms. The van der Waals surface area contributed by atoms with E-state index in [0.29, 0.717) is 25.0 Å². The molecule has 0 aliphatic carbocycles. The molecular weight excluding hydrogens is 328 g/mol. The summed E-state index contributed by atoms with van der Waals surface area (Å²) in [6, 6.07) is 22.5. The predicted molar refractivity (Wildman–Crippen MR) is 99.7 cm³/mol. The van der Waals surface area contributed by atoms with Crippen LogP contribution in [0, 0.1) is 0 Å². The van der Waals surface area contributed by atoms with Crippen molar-refractivity contribution in [1.82, 2.24) is 0 Å². The van der Waals surface area contributed by atoms with E-state index in [-0.39, 0.29) is 11.3 Å². The number of aryl methyl sites for hydroxylation is 2. The van der Waals surface area contributed by atoms with E-state index >= 15 is 0 Å². The largest absolute Gasteiger partial charge is 0.507 e. The summed E-state index contributed by atoms with van der Waals surface area (Å²) in [5.74, 6) is -0.496. The number of carboxylic acid groups (broad SMARTS) is 1. The second-order valence-electron chi connectivity index (χ2n) is 6.00. The lowest BCUT2D eigenvalue weighted by molar-refractivity contribution is 0.0693. The minimum Gasteiger partial charge on any atom is -0.507 e. The van der Waals surface area contributed by atoms with Gasteiger partial charge in [-0.3, -0.25) is 0 Å². The third kappa shape index (κ3) is 4.22. The zero-order valence-corrected chi connectivity index (χ0v) is 14.3. The Hall–Kier alpha value is -3.27. The van der Waals surface area contributed by atoms with Gasteiger partial charge in [0.1, 0.15) is 23.7 Å². The van der Waals surface area contributed by atoms with Crippen LogP contribution in [0.2, 0.25) is 0 Å². The van der Waals surface area contributed by atoms with Crippen LogP contribution in [0.4, 0.5) is 0 Å². The van der Waals surface area contributed by atoms with Crippen LogP contribution in [-0.2, 0) is 19.4 Å². The van der Waals surface area contributed by atoms with Crippen molar-refractivity contribution in [3.63, 3.8) is 0 Å². The molecule has 0 amide bonds. The quantitative estimate of drug-likeness (QED) is 0.662. The molecule has 0 aliphatic rings. The first-order valence-electron chi connectivity index (χ1n) is 8.44. The molecular formula is C22H20O4. The van der Waals surface area contributed by atoms with E-state index in [0.717, 1.165) is 16.9 Å². The highest BCUT2D eigenvalue weighted by Crippen LogP contribution is 2.26. The fourth-order valence-electron chi connectivity index (χ4n) is 2.82. The molecule has 0 unspecified atom stereocenters. The van der Waals surface area contributed by atoms with E-state index in [2.05, 4.69) is 0 Å². The molecule has 0 spiro atoms. The van der Waals surface area contributed by atoms with E-state index in [1.807, 2.05) is 54.6 Å². The van der Waals surface area contributed by atoms with Crippen LogP contribution in [0.5, 0.6) is 11.5 Å². The van der Waals surface area contributed by atoms with Crippen molar-refractivity contribution in [3.05, 3.63) is 95.1 Å². The minimum absolute atomic E-state index is 0.0730. The molecule has 0 radical (unpaired) electrons. The van der Waals surface area contributed by atoms with Crippen LogP contribution in [0.25, 0.3) is 0 Å². The summed E-state index contributed by atoms with van der Waals surface area (Å²) in [6.45, 7) is 0.484. The lowest BCUT2D eigenvalue weighted by Gasteiger charge is -2.12. The zero-order valence-electron chi connectivity index (χ0n) is 14.3. The van der Waals surface area contributed by atoms with Gasteiger partial charge in [-0.2, -0.15) is 0 Å².